The molecule has 2 N–H and O–H groups in total. The molecule has 0 saturated carbocycles. The monoisotopic (exact) mass is 254 g/mol. The minimum Gasteiger partial charge on any atom is -0.335 e. The fourth-order valence-corrected chi connectivity index (χ4v) is 2.32. The summed E-state index contributed by atoms with van der Waals surface area (Å²) in [6.45, 7) is 6.80. The highest BCUT2D eigenvalue weighted by Crippen LogP contribution is 2.15. The minimum atomic E-state index is -0.0212. The van der Waals surface area contributed by atoms with Gasteiger partial charge in [0.05, 0.1) is 6.54 Å². The average molecular weight is 254 g/mol. The molecule has 1 atom stereocenters. The van der Waals surface area contributed by atoms with Gasteiger partial charge in [0.2, 0.25) is 5.91 Å². The maximum absolute atomic E-state index is 12.1. The van der Waals surface area contributed by atoms with Crippen LogP contribution in [0.1, 0.15) is 38.5 Å². The number of hydrogen-bond donors (Lipinski definition) is 1. The largest absolute Gasteiger partial charge is 0.335 e. The first-order valence-electron chi connectivity index (χ1n) is 6.12. The standard InChI is InChI=1S/C13H22N2OS/c1-4-11(14)8-13(16)15(10(2)3)9-12-6-5-7-17-12/h5-7,10-11H,4,8-9,14H2,1-3H3. The summed E-state index contributed by atoms with van der Waals surface area (Å²) in [5.74, 6) is 0.155. The van der Waals surface area contributed by atoms with Crippen LogP contribution in [0.2, 0.25) is 0 Å². The van der Waals surface area contributed by atoms with Gasteiger partial charge in [0.15, 0.2) is 0 Å². The van der Waals surface area contributed by atoms with Gasteiger partial charge in [0.25, 0.3) is 0 Å². The molecule has 0 aliphatic carbocycles. The lowest BCUT2D eigenvalue weighted by Crippen LogP contribution is -2.39. The molecule has 1 aromatic heterocycles. The highest BCUT2D eigenvalue weighted by Gasteiger charge is 2.19. The highest BCUT2D eigenvalue weighted by atomic mass is 32.1. The third-order valence-electron chi connectivity index (χ3n) is 2.81. The predicted molar refractivity (Wildman–Crippen MR) is 72.9 cm³/mol. The summed E-state index contributed by atoms with van der Waals surface area (Å²) in [7, 11) is 0. The van der Waals surface area contributed by atoms with E-state index in [0.717, 1.165) is 6.42 Å². The molecule has 1 aromatic rings. The Balaban J connectivity index is 2.62. The van der Waals surface area contributed by atoms with E-state index in [1.807, 2.05) is 37.1 Å². The third kappa shape index (κ3) is 4.48. The molecule has 0 aliphatic rings. The van der Waals surface area contributed by atoms with Crippen molar-refractivity contribution >= 4 is 17.2 Å². The molecule has 17 heavy (non-hydrogen) atoms. The number of hydrogen-bond acceptors (Lipinski definition) is 3. The van der Waals surface area contributed by atoms with E-state index in [1.54, 1.807) is 11.3 Å². The summed E-state index contributed by atoms with van der Waals surface area (Å²) >= 11 is 1.69. The highest BCUT2D eigenvalue weighted by molar-refractivity contribution is 7.09. The van der Waals surface area contributed by atoms with Crippen molar-refractivity contribution in [3.8, 4) is 0 Å². The van der Waals surface area contributed by atoms with Crippen LogP contribution in [0, 0.1) is 0 Å². The van der Waals surface area contributed by atoms with Gasteiger partial charge in [-0.2, -0.15) is 0 Å². The number of thiophene rings is 1. The molecular formula is C13H22N2OS. The summed E-state index contributed by atoms with van der Waals surface area (Å²) < 4.78 is 0. The fourth-order valence-electron chi connectivity index (χ4n) is 1.62. The Hall–Kier alpha value is -0.870. The van der Waals surface area contributed by atoms with Gasteiger partial charge in [-0.25, -0.2) is 0 Å². The van der Waals surface area contributed by atoms with E-state index in [-0.39, 0.29) is 18.0 Å². The quantitative estimate of drug-likeness (QED) is 0.848. The topological polar surface area (TPSA) is 46.3 Å². The number of carbonyl (C=O) groups is 1. The maximum atomic E-state index is 12.1. The molecule has 0 bridgehead atoms. The summed E-state index contributed by atoms with van der Waals surface area (Å²) in [5.41, 5.74) is 5.84. The molecule has 3 nitrogen and oxygen atoms in total. The zero-order valence-corrected chi connectivity index (χ0v) is 11.7. The SMILES string of the molecule is CCC(N)CC(=O)N(Cc1cccs1)C(C)C. The fraction of sp³-hybridized carbons (Fsp3) is 0.615. The van der Waals surface area contributed by atoms with E-state index in [2.05, 4.69) is 6.07 Å². The van der Waals surface area contributed by atoms with Crippen LogP contribution >= 0.6 is 11.3 Å². The number of nitrogens with zero attached hydrogens (tertiary/aromatic N) is 1. The van der Waals surface area contributed by atoms with Crippen LogP contribution in [0.3, 0.4) is 0 Å². The van der Waals surface area contributed by atoms with Crippen LogP contribution < -0.4 is 5.73 Å². The Morgan fingerprint density at radius 3 is 2.71 bits per heavy atom. The van der Waals surface area contributed by atoms with Gasteiger partial charge in [0.1, 0.15) is 0 Å². The lowest BCUT2D eigenvalue weighted by atomic mass is 10.1. The van der Waals surface area contributed by atoms with Gasteiger partial charge >= 0.3 is 0 Å². The molecule has 4 heteroatoms. The zero-order chi connectivity index (χ0) is 12.8. The normalized spacial score (nSPS) is 12.8. The Morgan fingerprint density at radius 1 is 1.53 bits per heavy atom. The maximum Gasteiger partial charge on any atom is 0.224 e. The van der Waals surface area contributed by atoms with Gasteiger partial charge in [-0.1, -0.05) is 13.0 Å². The smallest absolute Gasteiger partial charge is 0.224 e. The van der Waals surface area contributed by atoms with Crippen LogP contribution in [-0.4, -0.2) is 22.9 Å². The van der Waals surface area contributed by atoms with Gasteiger partial charge in [-0.3, -0.25) is 4.79 Å². The number of carbonyl (C=O) groups excluding carboxylic acids is 1. The van der Waals surface area contributed by atoms with E-state index >= 15 is 0 Å². The molecule has 0 fully saturated rings. The first kappa shape index (κ1) is 14.2. The molecule has 0 saturated heterocycles. The molecule has 1 unspecified atom stereocenters. The van der Waals surface area contributed by atoms with E-state index in [9.17, 15) is 4.79 Å². The molecule has 0 aliphatic heterocycles. The van der Waals surface area contributed by atoms with Crippen molar-refractivity contribution in [3.63, 3.8) is 0 Å². The molecule has 1 amide bonds. The van der Waals surface area contributed by atoms with Crippen molar-refractivity contribution in [3.05, 3.63) is 22.4 Å². The van der Waals surface area contributed by atoms with Gasteiger partial charge in [-0.15, -0.1) is 11.3 Å². The number of amides is 1. The minimum absolute atomic E-state index is 0.0212. The molecule has 0 spiro atoms. The predicted octanol–water partition coefficient (Wildman–Crippen LogP) is 2.61. The number of rotatable bonds is 6. The molecular weight excluding hydrogens is 232 g/mol. The van der Waals surface area contributed by atoms with Crippen molar-refractivity contribution in [2.75, 3.05) is 0 Å². The molecule has 1 rings (SSSR count). The Kier molecular flexibility index (Phi) is 5.65. The lowest BCUT2D eigenvalue weighted by Gasteiger charge is -2.27. The third-order valence-corrected chi connectivity index (χ3v) is 3.67. The Bertz CT molecular complexity index is 335. The second-order valence-corrected chi connectivity index (χ2v) is 5.60. The summed E-state index contributed by atoms with van der Waals surface area (Å²) in [6.07, 6.45) is 1.29. The van der Waals surface area contributed by atoms with E-state index in [0.29, 0.717) is 13.0 Å². The first-order chi connectivity index (χ1) is 8.04. The van der Waals surface area contributed by atoms with E-state index in [1.165, 1.54) is 4.88 Å². The van der Waals surface area contributed by atoms with Gasteiger partial charge < -0.3 is 10.6 Å². The second-order valence-electron chi connectivity index (χ2n) is 4.57. The van der Waals surface area contributed by atoms with Crippen molar-refractivity contribution in [2.45, 2.75) is 52.2 Å². The van der Waals surface area contributed by atoms with Gasteiger partial charge in [0, 0.05) is 23.4 Å². The van der Waals surface area contributed by atoms with Crippen molar-refractivity contribution in [1.82, 2.24) is 4.90 Å². The van der Waals surface area contributed by atoms with E-state index in [4.69, 9.17) is 5.73 Å². The van der Waals surface area contributed by atoms with Crippen molar-refractivity contribution in [2.24, 2.45) is 5.73 Å². The molecule has 1 heterocycles. The van der Waals surface area contributed by atoms with E-state index < -0.39 is 0 Å². The molecule has 96 valence electrons. The van der Waals surface area contributed by atoms with Crippen molar-refractivity contribution < 1.29 is 4.79 Å². The molecule has 0 aromatic carbocycles. The first-order valence-corrected chi connectivity index (χ1v) is 7.00. The second kappa shape index (κ2) is 6.77. The van der Waals surface area contributed by atoms with Crippen LogP contribution in [0.15, 0.2) is 17.5 Å². The Labute approximate surface area is 108 Å². The average Bonchev–Trinajstić information content (AvgIpc) is 2.77. The van der Waals surface area contributed by atoms with Crippen LogP contribution in [0.25, 0.3) is 0 Å². The van der Waals surface area contributed by atoms with Crippen LogP contribution in [-0.2, 0) is 11.3 Å². The summed E-state index contributed by atoms with van der Waals surface area (Å²) in [6, 6.07) is 4.27. The number of nitrogens with two attached hydrogens (primary N) is 1. The Morgan fingerprint density at radius 2 is 2.24 bits per heavy atom. The van der Waals surface area contributed by atoms with Crippen LogP contribution in [0.5, 0.6) is 0 Å². The lowest BCUT2D eigenvalue weighted by molar-refractivity contribution is -0.133. The van der Waals surface area contributed by atoms with Crippen LogP contribution in [0.4, 0.5) is 0 Å². The summed E-state index contributed by atoms with van der Waals surface area (Å²) in [4.78, 5) is 15.3. The summed E-state index contributed by atoms with van der Waals surface area (Å²) in [5, 5.41) is 2.04. The van der Waals surface area contributed by atoms with Crippen molar-refractivity contribution in [1.29, 1.82) is 0 Å². The molecule has 0 radical (unpaired) electrons. The zero-order valence-electron chi connectivity index (χ0n) is 10.8. The van der Waals surface area contributed by atoms with Gasteiger partial charge in [-0.05, 0) is 31.7 Å².